The molecule has 0 fully saturated rings. The molecular weight excluding hydrogens is 320 g/mol. The van der Waals surface area contributed by atoms with Gasteiger partial charge in [-0.1, -0.05) is 29.8 Å². The average Bonchev–Trinajstić information content (AvgIpc) is 2.95. The summed E-state index contributed by atoms with van der Waals surface area (Å²) in [7, 11) is 0. The van der Waals surface area contributed by atoms with Crippen LogP contribution in [0.4, 0.5) is 0 Å². The first kappa shape index (κ1) is 15.2. The summed E-state index contributed by atoms with van der Waals surface area (Å²) in [5, 5.41) is 0.522. The Labute approximate surface area is 136 Å². The molecule has 1 aromatic heterocycles. The van der Waals surface area contributed by atoms with Crippen molar-refractivity contribution in [3.63, 3.8) is 0 Å². The Morgan fingerprint density at radius 1 is 1.26 bits per heavy atom. The van der Waals surface area contributed by atoms with Gasteiger partial charge in [0.25, 0.3) is 5.91 Å². The van der Waals surface area contributed by atoms with Crippen LogP contribution >= 0.6 is 11.6 Å². The Kier molecular flexibility index (Phi) is 4.34. The van der Waals surface area contributed by atoms with Gasteiger partial charge in [0.2, 0.25) is 0 Å². The normalized spacial score (nSPS) is 11.9. The number of oxazole rings is 1. The van der Waals surface area contributed by atoms with Crippen molar-refractivity contribution in [3.05, 3.63) is 53.6 Å². The Balaban J connectivity index is 1.59. The van der Waals surface area contributed by atoms with E-state index in [-0.39, 0.29) is 6.08 Å². The number of carbonyl (C=O) groups excluding carboxylic acids is 1. The van der Waals surface area contributed by atoms with Gasteiger partial charge in [0, 0.05) is 11.1 Å². The molecule has 23 heavy (non-hydrogen) atoms. The predicted molar refractivity (Wildman–Crippen MR) is 84.3 cm³/mol. The van der Waals surface area contributed by atoms with Gasteiger partial charge in [-0.15, -0.1) is 0 Å². The van der Waals surface area contributed by atoms with Crippen LogP contribution in [0, 0.1) is 0 Å². The van der Waals surface area contributed by atoms with E-state index in [9.17, 15) is 4.79 Å². The molecule has 1 amide bonds. The van der Waals surface area contributed by atoms with E-state index in [0.29, 0.717) is 21.9 Å². The molecule has 3 aromatic rings. The van der Waals surface area contributed by atoms with E-state index in [4.69, 9.17) is 25.6 Å². The average molecular weight is 333 g/mol. The molecule has 0 spiro atoms. The topological polar surface area (TPSA) is 73.6 Å². The minimum absolute atomic E-state index is 0.0810. The number of rotatable bonds is 5. The van der Waals surface area contributed by atoms with E-state index >= 15 is 0 Å². The first-order valence-electron chi connectivity index (χ1n) is 6.86. The highest BCUT2D eigenvalue weighted by Gasteiger charge is 2.16. The van der Waals surface area contributed by atoms with Crippen molar-refractivity contribution in [3.8, 4) is 11.8 Å². The number of hydrogen-bond acceptors (Lipinski definition) is 5. The smallest absolute Gasteiger partial charge is 0.419 e. The van der Waals surface area contributed by atoms with Crippen molar-refractivity contribution in [2.45, 2.75) is 13.0 Å². The van der Waals surface area contributed by atoms with Crippen LogP contribution in [0.5, 0.6) is 11.8 Å². The maximum absolute atomic E-state index is 11.9. The number of nitrogens with one attached hydrogen (secondary N) is 1. The van der Waals surface area contributed by atoms with Crippen molar-refractivity contribution in [2.75, 3.05) is 0 Å². The van der Waals surface area contributed by atoms with E-state index < -0.39 is 12.0 Å². The number of ether oxygens (including phenoxy) is 1. The standard InChI is InChI=1S/C16H13ClN2O4/c1-10(21-12-5-3-2-4-6-12)15(20)19-23-16-18-13-8-7-11(17)9-14(13)22-16/h2-10H,1H3,(H,19,20). The molecular formula is C16H13ClN2O4. The molecule has 1 atom stereocenters. The molecule has 0 bridgehead atoms. The third-order valence-corrected chi connectivity index (χ3v) is 3.23. The van der Waals surface area contributed by atoms with E-state index in [1.807, 2.05) is 18.2 Å². The monoisotopic (exact) mass is 332 g/mol. The summed E-state index contributed by atoms with van der Waals surface area (Å²) in [6.45, 7) is 1.61. The van der Waals surface area contributed by atoms with Crippen LogP contribution in [-0.4, -0.2) is 17.0 Å². The molecule has 0 aliphatic heterocycles. The second kappa shape index (κ2) is 6.58. The number of aromatic nitrogens is 1. The molecule has 0 saturated carbocycles. The molecule has 118 valence electrons. The molecule has 7 heteroatoms. The summed E-state index contributed by atoms with van der Waals surface area (Å²) in [4.78, 5) is 21.1. The van der Waals surface area contributed by atoms with Gasteiger partial charge in [-0.25, -0.2) is 0 Å². The highest BCUT2D eigenvalue weighted by atomic mass is 35.5. The first-order valence-corrected chi connectivity index (χ1v) is 7.24. The SMILES string of the molecule is CC(Oc1ccccc1)C(=O)NOc1nc2ccc(Cl)cc2o1. The number of hydroxylamine groups is 1. The lowest BCUT2D eigenvalue weighted by molar-refractivity contribution is -0.135. The van der Waals surface area contributed by atoms with Gasteiger partial charge in [-0.3, -0.25) is 4.79 Å². The Hall–Kier alpha value is -2.73. The van der Waals surface area contributed by atoms with Gasteiger partial charge in [0.15, 0.2) is 11.7 Å². The summed E-state index contributed by atoms with van der Waals surface area (Å²) in [5.41, 5.74) is 3.29. The Morgan fingerprint density at radius 3 is 2.83 bits per heavy atom. The third kappa shape index (κ3) is 3.73. The zero-order valence-corrected chi connectivity index (χ0v) is 12.9. The fourth-order valence-electron chi connectivity index (χ4n) is 1.85. The van der Waals surface area contributed by atoms with Gasteiger partial charge in [-0.05, 0) is 31.2 Å². The number of hydrogen-bond donors (Lipinski definition) is 1. The molecule has 3 rings (SSSR count). The van der Waals surface area contributed by atoms with Crippen molar-refractivity contribution in [1.82, 2.24) is 10.5 Å². The fourth-order valence-corrected chi connectivity index (χ4v) is 2.02. The highest BCUT2D eigenvalue weighted by Crippen LogP contribution is 2.23. The van der Waals surface area contributed by atoms with Gasteiger partial charge in [0.05, 0.1) is 0 Å². The molecule has 0 aliphatic carbocycles. The number of carbonyl (C=O) groups is 1. The molecule has 0 aliphatic rings. The van der Waals surface area contributed by atoms with Gasteiger partial charge in [0.1, 0.15) is 11.3 Å². The van der Waals surface area contributed by atoms with Crippen LogP contribution in [0.15, 0.2) is 52.9 Å². The number of fused-ring (bicyclic) bond motifs is 1. The summed E-state index contributed by atoms with van der Waals surface area (Å²) in [5.74, 6) is 0.126. The number of amides is 1. The molecule has 2 aromatic carbocycles. The minimum atomic E-state index is -0.740. The molecule has 0 radical (unpaired) electrons. The lowest BCUT2D eigenvalue weighted by atomic mass is 10.3. The molecule has 6 nitrogen and oxygen atoms in total. The van der Waals surface area contributed by atoms with Crippen LogP contribution in [0.1, 0.15) is 6.92 Å². The second-order valence-electron chi connectivity index (χ2n) is 4.73. The van der Waals surface area contributed by atoms with Gasteiger partial charge >= 0.3 is 6.08 Å². The van der Waals surface area contributed by atoms with E-state index in [2.05, 4.69) is 10.5 Å². The minimum Gasteiger partial charge on any atom is -0.481 e. The zero-order valence-electron chi connectivity index (χ0n) is 12.2. The van der Waals surface area contributed by atoms with Crippen molar-refractivity contribution in [1.29, 1.82) is 0 Å². The number of halogens is 1. The fraction of sp³-hybridized carbons (Fsp3) is 0.125. The van der Waals surface area contributed by atoms with Crippen molar-refractivity contribution in [2.24, 2.45) is 0 Å². The van der Waals surface area contributed by atoms with Crippen LogP contribution in [-0.2, 0) is 4.79 Å². The van der Waals surface area contributed by atoms with Crippen LogP contribution < -0.4 is 15.1 Å². The predicted octanol–water partition coefficient (Wildman–Crippen LogP) is 3.36. The van der Waals surface area contributed by atoms with Crippen LogP contribution in [0.2, 0.25) is 5.02 Å². The maximum Gasteiger partial charge on any atom is 0.419 e. The summed E-state index contributed by atoms with van der Waals surface area (Å²) in [6, 6.07) is 14.0. The third-order valence-electron chi connectivity index (χ3n) is 3.00. The summed E-state index contributed by atoms with van der Waals surface area (Å²) < 4.78 is 10.8. The number of benzene rings is 2. The zero-order chi connectivity index (χ0) is 16.2. The molecule has 0 saturated heterocycles. The van der Waals surface area contributed by atoms with Crippen molar-refractivity contribution < 1.29 is 18.8 Å². The van der Waals surface area contributed by atoms with Crippen LogP contribution in [0.3, 0.4) is 0 Å². The largest absolute Gasteiger partial charge is 0.481 e. The number of para-hydroxylation sites is 1. The summed E-state index contributed by atoms with van der Waals surface area (Å²) in [6.07, 6.45) is -0.821. The molecule has 1 heterocycles. The Morgan fingerprint density at radius 2 is 2.04 bits per heavy atom. The quantitative estimate of drug-likeness (QED) is 0.725. The second-order valence-corrected chi connectivity index (χ2v) is 5.17. The van der Waals surface area contributed by atoms with E-state index in [1.165, 1.54) is 0 Å². The van der Waals surface area contributed by atoms with E-state index in [0.717, 1.165) is 0 Å². The highest BCUT2D eigenvalue weighted by molar-refractivity contribution is 6.31. The first-order chi connectivity index (χ1) is 11.1. The maximum atomic E-state index is 11.9. The molecule has 1 N–H and O–H groups in total. The van der Waals surface area contributed by atoms with Crippen molar-refractivity contribution >= 4 is 28.6 Å². The lowest BCUT2D eigenvalue weighted by Gasteiger charge is -2.13. The van der Waals surface area contributed by atoms with E-state index in [1.54, 1.807) is 37.3 Å². The lowest BCUT2D eigenvalue weighted by Crippen LogP contribution is -2.38. The van der Waals surface area contributed by atoms with Crippen LogP contribution in [0.25, 0.3) is 11.1 Å². The summed E-state index contributed by atoms with van der Waals surface area (Å²) >= 11 is 5.86. The van der Waals surface area contributed by atoms with Gasteiger partial charge in [-0.2, -0.15) is 10.5 Å². The van der Waals surface area contributed by atoms with Gasteiger partial charge < -0.3 is 14.0 Å². The Bertz CT molecular complexity index is 819. The molecule has 1 unspecified atom stereocenters. The number of nitrogens with zero attached hydrogens (tertiary/aromatic N) is 1.